The molecule has 142 valence electrons. The van der Waals surface area contributed by atoms with E-state index in [0.29, 0.717) is 18.8 Å². The summed E-state index contributed by atoms with van der Waals surface area (Å²) in [5, 5.41) is 5.54. The van der Waals surface area contributed by atoms with Crippen molar-refractivity contribution in [2.75, 3.05) is 25.5 Å². The van der Waals surface area contributed by atoms with Crippen molar-refractivity contribution in [2.24, 2.45) is 11.3 Å². The fourth-order valence-corrected chi connectivity index (χ4v) is 3.14. The highest BCUT2D eigenvalue weighted by atomic mass is 16.2. The second-order valence-electron chi connectivity index (χ2n) is 7.84. The van der Waals surface area contributed by atoms with Gasteiger partial charge in [-0.15, -0.1) is 0 Å². The Bertz CT molecular complexity index is 679. The monoisotopic (exact) mass is 359 g/mol. The molecule has 1 atom stereocenters. The zero-order valence-electron chi connectivity index (χ0n) is 16.1. The summed E-state index contributed by atoms with van der Waals surface area (Å²) in [6.45, 7) is 6.84. The van der Waals surface area contributed by atoms with Crippen LogP contribution in [-0.4, -0.2) is 42.8 Å². The molecule has 0 bridgehead atoms. The van der Waals surface area contributed by atoms with Crippen LogP contribution in [0, 0.1) is 11.3 Å². The number of anilines is 1. The quantitative estimate of drug-likeness (QED) is 0.865. The lowest BCUT2D eigenvalue weighted by Crippen LogP contribution is -2.47. The molecule has 6 nitrogen and oxygen atoms in total. The number of nitrogens with zero attached hydrogens (tertiary/aromatic N) is 1. The number of likely N-dealkylation sites (tertiary alicyclic amines) is 1. The van der Waals surface area contributed by atoms with Crippen molar-refractivity contribution in [1.29, 1.82) is 0 Å². The van der Waals surface area contributed by atoms with Gasteiger partial charge in [-0.2, -0.15) is 0 Å². The molecule has 3 amide bonds. The molecule has 0 aliphatic carbocycles. The first kappa shape index (κ1) is 19.9. The Kier molecular flexibility index (Phi) is 6.40. The average Bonchev–Trinajstić information content (AvgIpc) is 2.61. The van der Waals surface area contributed by atoms with Crippen LogP contribution in [-0.2, 0) is 20.8 Å². The molecule has 1 saturated heterocycles. The van der Waals surface area contributed by atoms with Crippen molar-refractivity contribution in [3.63, 3.8) is 0 Å². The Morgan fingerprint density at radius 1 is 1.19 bits per heavy atom. The molecule has 1 aliphatic heterocycles. The van der Waals surface area contributed by atoms with Crippen molar-refractivity contribution in [1.82, 2.24) is 10.2 Å². The molecule has 1 aromatic carbocycles. The number of para-hydroxylation sites is 1. The highest BCUT2D eigenvalue weighted by Crippen LogP contribution is 2.25. The highest BCUT2D eigenvalue weighted by molar-refractivity contribution is 5.95. The number of nitrogens with one attached hydrogen (secondary N) is 2. The second kappa shape index (κ2) is 8.34. The van der Waals surface area contributed by atoms with Gasteiger partial charge in [0, 0.05) is 31.2 Å². The third kappa shape index (κ3) is 5.07. The number of rotatable bonds is 4. The van der Waals surface area contributed by atoms with Crippen molar-refractivity contribution in [3.8, 4) is 0 Å². The summed E-state index contributed by atoms with van der Waals surface area (Å²) in [5.41, 5.74) is 0.984. The van der Waals surface area contributed by atoms with Crippen LogP contribution in [0.2, 0.25) is 0 Å². The van der Waals surface area contributed by atoms with E-state index in [4.69, 9.17) is 0 Å². The SMILES string of the molecule is CNC(=O)Cc1ccccc1NC(=O)C1CCCN(C(=O)C(C)(C)C)C1. The number of benzene rings is 1. The number of likely N-dealkylation sites (N-methyl/N-ethyl adjacent to an activating group) is 1. The van der Waals surface area contributed by atoms with E-state index in [-0.39, 0.29) is 30.1 Å². The first-order valence-electron chi connectivity index (χ1n) is 9.11. The lowest BCUT2D eigenvalue weighted by atomic mass is 9.91. The van der Waals surface area contributed by atoms with Crippen LogP contribution in [0.5, 0.6) is 0 Å². The van der Waals surface area contributed by atoms with Crippen LogP contribution in [0.4, 0.5) is 5.69 Å². The van der Waals surface area contributed by atoms with Gasteiger partial charge < -0.3 is 15.5 Å². The Hall–Kier alpha value is -2.37. The number of carbonyl (C=O) groups excluding carboxylic acids is 3. The van der Waals surface area contributed by atoms with Crippen LogP contribution >= 0.6 is 0 Å². The van der Waals surface area contributed by atoms with Gasteiger partial charge in [0.25, 0.3) is 0 Å². The molecule has 1 aliphatic rings. The van der Waals surface area contributed by atoms with E-state index in [9.17, 15) is 14.4 Å². The van der Waals surface area contributed by atoms with Crippen molar-refractivity contribution < 1.29 is 14.4 Å². The van der Waals surface area contributed by atoms with Crippen molar-refractivity contribution in [2.45, 2.75) is 40.0 Å². The van der Waals surface area contributed by atoms with Gasteiger partial charge in [-0.3, -0.25) is 14.4 Å². The van der Waals surface area contributed by atoms with Crippen LogP contribution in [0.25, 0.3) is 0 Å². The van der Waals surface area contributed by atoms with Crippen molar-refractivity contribution >= 4 is 23.4 Å². The molecule has 26 heavy (non-hydrogen) atoms. The van der Waals surface area contributed by atoms with Crippen LogP contribution < -0.4 is 10.6 Å². The number of carbonyl (C=O) groups is 3. The maximum absolute atomic E-state index is 12.7. The Labute approximate surface area is 155 Å². The van der Waals surface area contributed by atoms with Gasteiger partial charge in [0.05, 0.1) is 12.3 Å². The molecule has 1 heterocycles. The van der Waals surface area contributed by atoms with E-state index in [2.05, 4.69) is 10.6 Å². The summed E-state index contributed by atoms with van der Waals surface area (Å²) in [6, 6.07) is 7.32. The van der Waals surface area contributed by atoms with Gasteiger partial charge in [0.2, 0.25) is 17.7 Å². The summed E-state index contributed by atoms with van der Waals surface area (Å²) in [4.78, 5) is 38.7. The predicted molar refractivity (Wildman–Crippen MR) is 102 cm³/mol. The summed E-state index contributed by atoms with van der Waals surface area (Å²) < 4.78 is 0. The summed E-state index contributed by atoms with van der Waals surface area (Å²) in [5.74, 6) is -0.356. The van der Waals surface area contributed by atoms with Crippen molar-refractivity contribution in [3.05, 3.63) is 29.8 Å². The molecule has 2 N–H and O–H groups in total. The standard InChI is InChI=1S/C20H29N3O3/c1-20(2,3)19(26)23-11-7-9-15(13-23)18(25)22-16-10-6-5-8-14(16)12-17(24)21-4/h5-6,8,10,15H,7,9,11-13H2,1-4H3,(H,21,24)(H,22,25). The topological polar surface area (TPSA) is 78.5 Å². The molecule has 6 heteroatoms. The molecule has 1 unspecified atom stereocenters. The third-order valence-electron chi connectivity index (χ3n) is 4.63. The van der Waals surface area contributed by atoms with E-state index in [1.54, 1.807) is 18.0 Å². The Balaban J connectivity index is 2.06. The number of hydrogen-bond donors (Lipinski definition) is 2. The summed E-state index contributed by atoms with van der Waals surface area (Å²) in [7, 11) is 1.59. The second-order valence-corrected chi connectivity index (χ2v) is 7.84. The maximum atomic E-state index is 12.7. The van der Waals surface area contributed by atoms with Crippen LogP contribution in [0.3, 0.4) is 0 Å². The Morgan fingerprint density at radius 2 is 1.88 bits per heavy atom. The lowest BCUT2D eigenvalue weighted by Gasteiger charge is -2.36. The van der Waals surface area contributed by atoms with Gasteiger partial charge in [-0.05, 0) is 24.5 Å². The zero-order valence-corrected chi connectivity index (χ0v) is 16.1. The molecule has 1 aromatic rings. The molecular weight excluding hydrogens is 330 g/mol. The van der Waals surface area contributed by atoms with Gasteiger partial charge >= 0.3 is 0 Å². The van der Waals surface area contributed by atoms with E-state index < -0.39 is 5.41 Å². The zero-order chi connectivity index (χ0) is 19.3. The minimum atomic E-state index is -0.446. The number of hydrogen-bond acceptors (Lipinski definition) is 3. The molecule has 0 radical (unpaired) electrons. The van der Waals surface area contributed by atoms with E-state index in [0.717, 1.165) is 18.4 Å². The first-order valence-corrected chi connectivity index (χ1v) is 9.11. The van der Waals surface area contributed by atoms with Gasteiger partial charge in [-0.1, -0.05) is 39.0 Å². The fraction of sp³-hybridized carbons (Fsp3) is 0.550. The largest absolute Gasteiger partial charge is 0.359 e. The van der Waals surface area contributed by atoms with Gasteiger partial charge in [0.1, 0.15) is 0 Å². The average molecular weight is 359 g/mol. The molecule has 2 rings (SSSR count). The summed E-state index contributed by atoms with van der Waals surface area (Å²) >= 11 is 0. The molecule has 0 aromatic heterocycles. The van der Waals surface area contributed by atoms with E-state index in [1.165, 1.54) is 0 Å². The predicted octanol–water partition coefficient (Wildman–Crippen LogP) is 2.20. The Morgan fingerprint density at radius 3 is 2.54 bits per heavy atom. The maximum Gasteiger partial charge on any atom is 0.229 e. The third-order valence-corrected chi connectivity index (χ3v) is 4.63. The smallest absolute Gasteiger partial charge is 0.229 e. The lowest BCUT2D eigenvalue weighted by molar-refractivity contribution is -0.142. The van der Waals surface area contributed by atoms with Crippen LogP contribution in [0.15, 0.2) is 24.3 Å². The fourth-order valence-electron chi connectivity index (χ4n) is 3.14. The van der Waals surface area contributed by atoms with Gasteiger partial charge in [-0.25, -0.2) is 0 Å². The highest BCUT2D eigenvalue weighted by Gasteiger charge is 2.33. The molecular formula is C20H29N3O3. The molecule has 0 saturated carbocycles. The van der Waals surface area contributed by atoms with E-state index >= 15 is 0 Å². The number of piperidine rings is 1. The first-order chi connectivity index (χ1) is 12.2. The van der Waals surface area contributed by atoms with E-state index in [1.807, 2.05) is 39.0 Å². The minimum Gasteiger partial charge on any atom is -0.359 e. The van der Waals surface area contributed by atoms with Crippen LogP contribution in [0.1, 0.15) is 39.2 Å². The number of amides is 3. The van der Waals surface area contributed by atoms with Gasteiger partial charge in [0.15, 0.2) is 0 Å². The normalized spacial score (nSPS) is 17.5. The molecule has 1 fully saturated rings. The summed E-state index contributed by atoms with van der Waals surface area (Å²) in [6.07, 6.45) is 1.80. The minimum absolute atomic E-state index is 0.0787. The molecule has 0 spiro atoms.